The maximum atomic E-state index is 12.7. The number of fused-ring (bicyclic) bond motifs is 1. The van der Waals surface area contributed by atoms with E-state index in [9.17, 15) is 18.3 Å². The minimum atomic E-state index is -4.05. The normalized spacial score (nSPS) is 30.0. The second kappa shape index (κ2) is 4.38. The van der Waals surface area contributed by atoms with Crippen molar-refractivity contribution in [1.82, 2.24) is 0 Å². The van der Waals surface area contributed by atoms with Crippen molar-refractivity contribution in [2.45, 2.75) is 39.2 Å². The molecule has 0 unspecified atom stereocenters. The molecule has 1 spiro atoms. The zero-order valence-electron chi connectivity index (χ0n) is 12.8. The van der Waals surface area contributed by atoms with Gasteiger partial charge in [-0.3, -0.25) is 8.98 Å². The van der Waals surface area contributed by atoms with Crippen LogP contribution in [-0.4, -0.2) is 31.5 Å². The Morgan fingerprint density at radius 1 is 1.36 bits per heavy atom. The lowest BCUT2D eigenvalue weighted by molar-refractivity contribution is -0.137. The maximum absolute atomic E-state index is 12.7. The van der Waals surface area contributed by atoms with Crippen LogP contribution in [0.3, 0.4) is 0 Å². The van der Waals surface area contributed by atoms with Gasteiger partial charge in [-0.15, -0.1) is 0 Å². The van der Waals surface area contributed by atoms with Gasteiger partial charge in [0.05, 0.1) is 6.61 Å². The molecule has 0 aromatic heterocycles. The lowest BCUT2D eigenvalue weighted by Crippen LogP contribution is -2.49. The highest BCUT2D eigenvalue weighted by Gasteiger charge is 2.65. The number of nitrogens with two attached hydrogens (primary N) is 1. The van der Waals surface area contributed by atoms with Gasteiger partial charge < -0.3 is 5.11 Å². The lowest BCUT2D eigenvalue weighted by Gasteiger charge is -2.39. The van der Waals surface area contributed by atoms with Gasteiger partial charge >= 0.3 is 10.3 Å². The zero-order chi connectivity index (χ0) is 16.5. The average molecular weight is 325 g/mol. The first-order valence-electron chi connectivity index (χ1n) is 7.09. The van der Waals surface area contributed by atoms with Crippen molar-refractivity contribution in [3.8, 4) is 0 Å². The topological polar surface area (TPSA) is 107 Å². The summed E-state index contributed by atoms with van der Waals surface area (Å²) in [5.41, 5.74) is 1.54. The standard InChI is InChI=1S/C15H19NO5S/c1-8-6-10-12(11(8)7-21-22(16,19)20)9(2)15(4-5-15)14(3,18)13(10)17/h6,18H,4-5,7H2,1-3H3,(H2,16,19,20)/t14-/m0/s1. The van der Waals surface area contributed by atoms with Crippen molar-refractivity contribution in [2.24, 2.45) is 10.6 Å². The quantitative estimate of drug-likeness (QED) is 0.801. The molecule has 0 bridgehead atoms. The monoisotopic (exact) mass is 325 g/mol. The van der Waals surface area contributed by atoms with Crippen LogP contribution in [0.1, 0.15) is 33.6 Å². The largest absolute Gasteiger partial charge is 0.381 e. The fraction of sp³-hybridized carbons (Fsp3) is 0.533. The van der Waals surface area contributed by atoms with Crippen molar-refractivity contribution in [2.75, 3.05) is 6.61 Å². The first-order valence-corrected chi connectivity index (χ1v) is 8.56. The number of hydrogen-bond acceptors (Lipinski definition) is 5. The molecular weight excluding hydrogens is 306 g/mol. The Hall–Kier alpha value is -1.28. The van der Waals surface area contributed by atoms with Crippen LogP contribution in [0.2, 0.25) is 0 Å². The molecule has 0 amide bonds. The number of allylic oxidation sites excluding steroid dienone is 2. The number of ketones is 1. The van der Waals surface area contributed by atoms with Crippen molar-refractivity contribution in [1.29, 1.82) is 0 Å². The van der Waals surface area contributed by atoms with Crippen LogP contribution in [0.5, 0.6) is 0 Å². The van der Waals surface area contributed by atoms with Crippen LogP contribution in [-0.2, 0) is 19.3 Å². The molecule has 0 heterocycles. The van der Waals surface area contributed by atoms with Crippen molar-refractivity contribution >= 4 is 16.1 Å². The van der Waals surface area contributed by atoms with E-state index in [0.717, 1.165) is 29.6 Å². The summed E-state index contributed by atoms with van der Waals surface area (Å²) < 4.78 is 26.8. The Morgan fingerprint density at radius 3 is 2.45 bits per heavy atom. The van der Waals surface area contributed by atoms with E-state index in [1.165, 1.54) is 0 Å². The molecule has 0 aromatic carbocycles. The van der Waals surface area contributed by atoms with Gasteiger partial charge in [-0.25, -0.2) is 5.14 Å². The SMILES string of the molecule is CC1=C(COS(N)(=O)=O)C2=C(C)C3(CC3)[C@@](C)(O)C(=O)C2=C1. The van der Waals surface area contributed by atoms with Gasteiger partial charge in [-0.1, -0.05) is 5.57 Å². The van der Waals surface area contributed by atoms with Gasteiger partial charge in [0.25, 0.3) is 0 Å². The van der Waals surface area contributed by atoms with E-state index < -0.39 is 21.3 Å². The minimum absolute atomic E-state index is 0.206. The lowest BCUT2D eigenvalue weighted by atomic mass is 9.67. The molecule has 3 N–H and O–H groups in total. The number of rotatable bonds is 3. The Kier molecular flexibility index (Phi) is 3.11. The second-order valence-electron chi connectivity index (χ2n) is 6.46. The summed E-state index contributed by atoms with van der Waals surface area (Å²) in [4.78, 5) is 12.7. The Balaban J connectivity index is 2.09. The molecule has 3 rings (SSSR count). The molecule has 120 valence electrons. The van der Waals surface area contributed by atoms with Gasteiger partial charge in [-0.05, 0) is 56.4 Å². The summed E-state index contributed by atoms with van der Waals surface area (Å²) >= 11 is 0. The predicted octanol–water partition coefficient (Wildman–Crippen LogP) is 0.893. The summed E-state index contributed by atoms with van der Waals surface area (Å²) in [6, 6.07) is 0. The molecule has 0 aliphatic heterocycles. The van der Waals surface area contributed by atoms with Gasteiger partial charge in [0.2, 0.25) is 0 Å². The zero-order valence-corrected chi connectivity index (χ0v) is 13.6. The number of aliphatic hydroxyl groups is 1. The molecule has 22 heavy (non-hydrogen) atoms. The fourth-order valence-electron chi connectivity index (χ4n) is 3.74. The highest BCUT2D eigenvalue weighted by molar-refractivity contribution is 7.84. The van der Waals surface area contributed by atoms with Crippen LogP contribution in [0.4, 0.5) is 0 Å². The number of carbonyl (C=O) groups excluding carboxylic acids is 1. The van der Waals surface area contributed by atoms with Gasteiger partial charge in [-0.2, -0.15) is 8.42 Å². The molecule has 3 aliphatic carbocycles. The summed E-state index contributed by atoms with van der Waals surface area (Å²) in [6.07, 6.45) is 3.18. The van der Waals surface area contributed by atoms with E-state index in [0.29, 0.717) is 11.1 Å². The smallest absolute Gasteiger partial charge is 0.333 e. The van der Waals surface area contributed by atoms with E-state index in [4.69, 9.17) is 9.32 Å². The van der Waals surface area contributed by atoms with Crippen molar-refractivity contribution in [3.05, 3.63) is 33.9 Å². The third-order valence-electron chi connectivity index (χ3n) is 5.24. The number of Topliss-reactive ketones (excluding diaryl/α,β-unsaturated/α-hetero) is 1. The first kappa shape index (κ1) is 15.6. The summed E-state index contributed by atoms with van der Waals surface area (Å²) in [5, 5.41) is 15.6. The second-order valence-corrected chi connectivity index (χ2v) is 7.68. The molecule has 6 nitrogen and oxygen atoms in total. The Labute approximate surface area is 129 Å². The fourth-order valence-corrected chi connectivity index (χ4v) is 4.02. The van der Waals surface area contributed by atoms with E-state index in [2.05, 4.69) is 0 Å². The Bertz CT molecular complexity index is 779. The van der Waals surface area contributed by atoms with Crippen LogP contribution in [0.25, 0.3) is 0 Å². The summed E-state index contributed by atoms with van der Waals surface area (Å²) in [7, 11) is -4.05. The third-order valence-corrected chi connectivity index (χ3v) is 5.68. The predicted molar refractivity (Wildman–Crippen MR) is 79.8 cm³/mol. The average Bonchev–Trinajstić information content (AvgIpc) is 3.13. The molecule has 0 radical (unpaired) electrons. The van der Waals surface area contributed by atoms with Crippen molar-refractivity contribution in [3.63, 3.8) is 0 Å². The molecule has 3 aliphatic rings. The maximum Gasteiger partial charge on any atom is 0.333 e. The van der Waals surface area contributed by atoms with E-state index in [1.807, 2.05) is 6.92 Å². The van der Waals surface area contributed by atoms with Gasteiger partial charge in [0, 0.05) is 11.0 Å². The van der Waals surface area contributed by atoms with Gasteiger partial charge in [0.15, 0.2) is 5.78 Å². The van der Waals surface area contributed by atoms with Gasteiger partial charge in [0.1, 0.15) is 5.60 Å². The highest BCUT2D eigenvalue weighted by atomic mass is 32.2. The molecule has 0 saturated heterocycles. The molecule has 1 saturated carbocycles. The van der Waals surface area contributed by atoms with Crippen LogP contribution in [0.15, 0.2) is 33.9 Å². The minimum Gasteiger partial charge on any atom is -0.381 e. The van der Waals surface area contributed by atoms with Crippen molar-refractivity contribution < 1.29 is 22.5 Å². The number of carbonyl (C=O) groups is 1. The summed E-state index contributed by atoms with van der Waals surface area (Å²) in [6.45, 7) is 5.04. The van der Waals surface area contributed by atoms with E-state index >= 15 is 0 Å². The third kappa shape index (κ3) is 1.96. The highest BCUT2D eigenvalue weighted by Crippen LogP contribution is 2.64. The molecular formula is C15H19NO5S. The molecule has 1 fully saturated rings. The summed E-state index contributed by atoms with van der Waals surface area (Å²) in [5.74, 6) is -0.310. The first-order chi connectivity index (χ1) is 10.0. The molecule has 0 aromatic rings. The number of hydrogen-bond donors (Lipinski definition) is 2. The Morgan fingerprint density at radius 2 is 1.95 bits per heavy atom. The van der Waals surface area contributed by atoms with E-state index in [-0.39, 0.29) is 12.4 Å². The van der Waals surface area contributed by atoms with Crippen LogP contribution in [0, 0.1) is 5.41 Å². The van der Waals surface area contributed by atoms with Crippen LogP contribution < -0.4 is 5.14 Å². The molecule has 1 atom stereocenters. The van der Waals surface area contributed by atoms with Crippen LogP contribution >= 0.6 is 0 Å². The molecule has 7 heteroatoms. The van der Waals surface area contributed by atoms with E-state index in [1.54, 1.807) is 19.9 Å².